The number of hydrogen-bond donors (Lipinski definition) is 0. The summed E-state index contributed by atoms with van der Waals surface area (Å²) in [6, 6.07) is 10.0. The molecule has 0 fully saturated rings. The van der Waals surface area contributed by atoms with Crippen LogP contribution in [0, 0.1) is 17.5 Å². The monoisotopic (exact) mass is 428 g/mol. The van der Waals surface area contributed by atoms with Crippen LogP contribution in [0.4, 0.5) is 22.0 Å². The highest BCUT2D eigenvalue weighted by Crippen LogP contribution is 2.21. The molecule has 0 aromatic heterocycles. The van der Waals surface area contributed by atoms with E-state index in [1.54, 1.807) is 30.3 Å². The number of benzene rings is 2. The third-order valence-corrected chi connectivity index (χ3v) is 4.67. The first-order valence-electron chi connectivity index (χ1n) is 9.93. The Kier molecular flexibility index (Phi) is 9.27. The van der Waals surface area contributed by atoms with Crippen molar-refractivity contribution in [2.24, 2.45) is 0 Å². The minimum atomic E-state index is -1.51. The smallest absolute Gasteiger partial charge is 0.338 e. The first kappa shape index (κ1) is 23.8. The fraction of sp³-hybridized carbons (Fsp3) is 0.435. The van der Waals surface area contributed by atoms with Crippen molar-refractivity contribution in [3.63, 3.8) is 0 Å². The molecule has 0 aliphatic rings. The number of alkyl halides is 2. The Balaban J connectivity index is 1.80. The lowest BCUT2D eigenvalue weighted by atomic mass is 10.0. The normalized spacial score (nSPS) is 14.2. The molecular formula is C23H25F5O2. The molecule has 2 aromatic rings. The Morgan fingerprint density at radius 2 is 1.60 bits per heavy atom. The van der Waals surface area contributed by atoms with Gasteiger partial charge < -0.3 is 4.74 Å². The van der Waals surface area contributed by atoms with Crippen LogP contribution in [0.25, 0.3) is 0 Å². The number of unbranched alkanes of at least 4 members (excludes halogenated alkanes) is 1. The molecule has 0 amide bonds. The van der Waals surface area contributed by atoms with Gasteiger partial charge in [-0.05, 0) is 56.0 Å². The van der Waals surface area contributed by atoms with Crippen molar-refractivity contribution >= 4 is 5.97 Å². The fourth-order valence-corrected chi connectivity index (χ4v) is 3.20. The molecule has 30 heavy (non-hydrogen) atoms. The fourth-order valence-electron chi connectivity index (χ4n) is 3.20. The molecule has 0 bridgehead atoms. The second-order valence-electron chi connectivity index (χ2n) is 7.36. The molecule has 2 nitrogen and oxygen atoms in total. The van der Waals surface area contributed by atoms with Crippen molar-refractivity contribution in [1.82, 2.24) is 0 Å². The lowest BCUT2D eigenvalue weighted by molar-refractivity contribution is 0.0137. The largest absolute Gasteiger partial charge is 0.459 e. The van der Waals surface area contributed by atoms with E-state index in [1.165, 1.54) is 6.92 Å². The van der Waals surface area contributed by atoms with E-state index in [1.807, 2.05) is 0 Å². The Morgan fingerprint density at radius 3 is 2.20 bits per heavy atom. The summed E-state index contributed by atoms with van der Waals surface area (Å²) in [7, 11) is 0. The first-order valence-corrected chi connectivity index (χ1v) is 9.93. The van der Waals surface area contributed by atoms with E-state index in [2.05, 4.69) is 0 Å². The second-order valence-corrected chi connectivity index (χ2v) is 7.36. The van der Waals surface area contributed by atoms with Crippen molar-refractivity contribution in [2.45, 2.75) is 63.9 Å². The van der Waals surface area contributed by atoms with E-state index in [9.17, 15) is 26.7 Å². The van der Waals surface area contributed by atoms with Crippen LogP contribution in [-0.2, 0) is 11.2 Å². The number of aryl methyl sites for hydroxylation is 1. The van der Waals surface area contributed by atoms with Gasteiger partial charge in [0.05, 0.1) is 5.56 Å². The highest BCUT2D eigenvalue weighted by Gasteiger charge is 2.23. The summed E-state index contributed by atoms with van der Waals surface area (Å²) in [6.07, 6.45) is -2.45. The van der Waals surface area contributed by atoms with Crippen LogP contribution in [0.15, 0.2) is 42.5 Å². The topological polar surface area (TPSA) is 26.3 Å². The maximum Gasteiger partial charge on any atom is 0.338 e. The van der Waals surface area contributed by atoms with Gasteiger partial charge >= 0.3 is 5.97 Å². The van der Waals surface area contributed by atoms with E-state index in [0.717, 1.165) is 12.1 Å². The van der Waals surface area contributed by atoms with Crippen LogP contribution >= 0.6 is 0 Å². The summed E-state index contributed by atoms with van der Waals surface area (Å²) in [5.74, 6) is -4.65. The molecule has 0 saturated carbocycles. The molecule has 2 aromatic carbocycles. The summed E-state index contributed by atoms with van der Waals surface area (Å²) in [4.78, 5) is 12.2. The van der Waals surface area contributed by atoms with Gasteiger partial charge in [0.15, 0.2) is 17.5 Å². The molecule has 164 valence electrons. The van der Waals surface area contributed by atoms with Gasteiger partial charge in [-0.2, -0.15) is 0 Å². The van der Waals surface area contributed by atoms with Gasteiger partial charge in [-0.1, -0.05) is 24.6 Å². The molecule has 0 radical (unpaired) electrons. The third kappa shape index (κ3) is 7.76. The highest BCUT2D eigenvalue weighted by atomic mass is 19.2. The maximum absolute atomic E-state index is 14.4. The number of carbonyl (C=O) groups excluding carboxylic acids is 1. The number of halogens is 5. The van der Waals surface area contributed by atoms with Crippen LogP contribution in [0.3, 0.4) is 0 Å². The third-order valence-electron chi connectivity index (χ3n) is 4.67. The zero-order chi connectivity index (χ0) is 22.1. The molecule has 0 aliphatic carbocycles. The summed E-state index contributed by atoms with van der Waals surface area (Å²) in [6.45, 7) is 1.32. The van der Waals surface area contributed by atoms with E-state index >= 15 is 0 Å². The average Bonchev–Trinajstić information content (AvgIpc) is 2.69. The van der Waals surface area contributed by atoms with Crippen LogP contribution in [-0.4, -0.2) is 24.4 Å². The van der Waals surface area contributed by atoms with Gasteiger partial charge in [0, 0.05) is 12.8 Å². The molecule has 0 spiro atoms. The predicted molar refractivity (Wildman–Crippen MR) is 104 cm³/mol. The SMILES string of the molecule is CC(F)CC(CC(F)CCCCc1cc(F)c(F)c(F)c1)OC(=O)c1ccccc1. The van der Waals surface area contributed by atoms with E-state index < -0.39 is 41.9 Å². The van der Waals surface area contributed by atoms with E-state index in [0.29, 0.717) is 24.0 Å². The molecule has 3 unspecified atom stereocenters. The summed E-state index contributed by atoms with van der Waals surface area (Å²) >= 11 is 0. The summed E-state index contributed by atoms with van der Waals surface area (Å²) < 4.78 is 72.5. The van der Waals surface area contributed by atoms with Gasteiger partial charge in [0.2, 0.25) is 0 Å². The molecule has 2 rings (SSSR count). The quantitative estimate of drug-likeness (QED) is 0.176. The molecule has 7 heteroatoms. The Labute approximate surface area is 173 Å². The number of hydrogen-bond acceptors (Lipinski definition) is 2. The molecule has 0 saturated heterocycles. The minimum absolute atomic E-state index is 0.104. The van der Waals surface area contributed by atoms with Gasteiger partial charge in [-0.25, -0.2) is 26.7 Å². The zero-order valence-corrected chi connectivity index (χ0v) is 16.7. The molecule has 3 atom stereocenters. The molecule has 0 N–H and O–H groups in total. The van der Waals surface area contributed by atoms with Gasteiger partial charge in [0.25, 0.3) is 0 Å². The van der Waals surface area contributed by atoms with Gasteiger partial charge in [-0.15, -0.1) is 0 Å². The molecular weight excluding hydrogens is 403 g/mol. The van der Waals surface area contributed by atoms with Crippen LogP contribution in [0.2, 0.25) is 0 Å². The summed E-state index contributed by atoms with van der Waals surface area (Å²) in [5.41, 5.74) is 0.603. The highest BCUT2D eigenvalue weighted by molar-refractivity contribution is 5.89. The van der Waals surface area contributed by atoms with Crippen LogP contribution in [0.1, 0.15) is 54.9 Å². The van der Waals surface area contributed by atoms with E-state index in [-0.39, 0.29) is 25.7 Å². The zero-order valence-electron chi connectivity index (χ0n) is 16.7. The molecule has 0 heterocycles. The van der Waals surface area contributed by atoms with Crippen LogP contribution < -0.4 is 0 Å². The van der Waals surface area contributed by atoms with Crippen molar-refractivity contribution in [3.05, 3.63) is 71.0 Å². The Hall–Kier alpha value is -2.44. The second kappa shape index (κ2) is 11.7. The van der Waals surface area contributed by atoms with Crippen molar-refractivity contribution in [2.75, 3.05) is 0 Å². The van der Waals surface area contributed by atoms with Crippen molar-refractivity contribution in [3.8, 4) is 0 Å². The Bertz CT molecular complexity index is 787. The maximum atomic E-state index is 14.4. The Morgan fingerprint density at radius 1 is 0.967 bits per heavy atom. The number of carbonyl (C=O) groups is 1. The standard InChI is InChI=1S/C23H25F5O2/c1-15(24)11-19(30-23(29)17-8-3-2-4-9-17)14-18(25)10-6-5-7-16-12-20(26)22(28)21(27)13-16/h2-4,8-9,12-13,15,18-19H,5-7,10-11,14H2,1H3. The average molecular weight is 428 g/mol. The van der Waals surface area contributed by atoms with Gasteiger partial charge in [-0.3, -0.25) is 0 Å². The molecule has 0 aliphatic heterocycles. The van der Waals surface area contributed by atoms with E-state index in [4.69, 9.17) is 4.74 Å². The lowest BCUT2D eigenvalue weighted by Crippen LogP contribution is -2.25. The lowest BCUT2D eigenvalue weighted by Gasteiger charge is -2.20. The predicted octanol–water partition coefficient (Wildman–Crippen LogP) is 6.52. The number of rotatable bonds is 11. The summed E-state index contributed by atoms with van der Waals surface area (Å²) in [5, 5.41) is 0. The minimum Gasteiger partial charge on any atom is -0.459 e. The first-order chi connectivity index (χ1) is 14.3. The number of esters is 1. The van der Waals surface area contributed by atoms with Crippen molar-refractivity contribution in [1.29, 1.82) is 0 Å². The van der Waals surface area contributed by atoms with Gasteiger partial charge in [0.1, 0.15) is 18.4 Å². The number of ether oxygens (including phenoxy) is 1. The van der Waals surface area contributed by atoms with Crippen molar-refractivity contribution < 1.29 is 31.5 Å². The van der Waals surface area contributed by atoms with Crippen LogP contribution in [0.5, 0.6) is 0 Å².